The van der Waals surface area contributed by atoms with Crippen LogP contribution in [0.5, 0.6) is 5.75 Å². The molecule has 14 heteroatoms. The van der Waals surface area contributed by atoms with Gasteiger partial charge >= 0.3 is 6.61 Å². The number of piperazine rings is 1. The molecule has 5 aromatic rings. The maximum atomic E-state index is 13.4. The molecule has 45 heavy (non-hydrogen) atoms. The molecule has 1 fully saturated rings. The molecular weight excluding hydrogens is 606 g/mol. The highest BCUT2D eigenvalue weighted by molar-refractivity contribution is 6.31. The van der Waals surface area contributed by atoms with Crippen molar-refractivity contribution >= 4 is 34.7 Å². The first kappa shape index (κ1) is 30.2. The Morgan fingerprint density at radius 2 is 1.84 bits per heavy atom. The minimum atomic E-state index is -3.11. The van der Waals surface area contributed by atoms with Gasteiger partial charge in [-0.2, -0.15) is 19.0 Å². The first-order valence-corrected chi connectivity index (χ1v) is 14.6. The van der Waals surface area contributed by atoms with E-state index in [0.717, 1.165) is 0 Å². The Morgan fingerprint density at radius 3 is 2.60 bits per heavy atom. The van der Waals surface area contributed by atoms with E-state index in [0.29, 0.717) is 31.8 Å². The number of fused-ring (bicyclic) bond motifs is 1. The zero-order valence-electron chi connectivity index (χ0n) is 24.2. The predicted molar refractivity (Wildman–Crippen MR) is 163 cm³/mol. The average Bonchev–Trinajstić information content (AvgIpc) is 3.66. The van der Waals surface area contributed by atoms with Gasteiger partial charge in [0.2, 0.25) is 5.91 Å². The molecule has 2 aromatic carbocycles. The third-order valence-electron chi connectivity index (χ3n) is 7.74. The van der Waals surface area contributed by atoms with Crippen LogP contribution < -0.4 is 10.1 Å². The van der Waals surface area contributed by atoms with Crippen LogP contribution >= 0.6 is 11.6 Å². The Kier molecular flexibility index (Phi) is 8.71. The van der Waals surface area contributed by atoms with Gasteiger partial charge in [0.25, 0.3) is 5.91 Å². The highest BCUT2D eigenvalue weighted by atomic mass is 35.5. The molecule has 2 amide bonds. The summed E-state index contributed by atoms with van der Waals surface area (Å²) in [4.78, 5) is 35.1. The number of carbonyl (C=O) groups is 2. The molecule has 0 aliphatic carbocycles. The Balaban J connectivity index is 1.24. The number of hydrogen-bond donors (Lipinski definition) is 1. The second-order valence-corrected chi connectivity index (χ2v) is 10.9. The SMILES string of the molecule is CC(c1ccccc1)N1CCN(C(=O)Cn2cc(NC(=O)c3cnn4cccnc34)c(-c3cc(Cl)ccc3OC(F)F)n2)CC1. The number of amides is 2. The van der Waals surface area contributed by atoms with Gasteiger partial charge in [0, 0.05) is 61.4 Å². The molecule has 4 heterocycles. The highest BCUT2D eigenvalue weighted by Gasteiger charge is 2.27. The maximum absolute atomic E-state index is 13.4. The number of benzene rings is 2. The third kappa shape index (κ3) is 6.64. The number of anilines is 1. The van der Waals surface area contributed by atoms with Crippen molar-refractivity contribution in [2.45, 2.75) is 26.1 Å². The average molecular weight is 635 g/mol. The normalized spacial score (nSPS) is 14.6. The summed E-state index contributed by atoms with van der Waals surface area (Å²) in [6.07, 6.45) is 6.03. The van der Waals surface area contributed by atoms with Crippen molar-refractivity contribution in [1.82, 2.24) is 34.2 Å². The molecule has 1 aliphatic heterocycles. The lowest BCUT2D eigenvalue weighted by Crippen LogP contribution is -2.50. The molecule has 1 atom stereocenters. The van der Waals surface area contributed by atoms with Gasteiger partial charge in [-0.1, -0.05) is 41.9 Å². The fourth-order valence-electron chi connectivity index (χ4n) is 5.40. The molecule has 11 nitrogen and oxygen atoms in total. The quantitative estimate of drug-likeness (QED) is 0.243. The van der Waals surface area contributed by atoms with Gasteiger partial charge in [-0.15, -0.1) is 0 Å². The molecule has 232 valence electrons. The van der Waals surface area contributed by atoms with E-state index in [1.54, 1.807) is 17.2 Å². The number of alkyl halides is 2. The van der Waals surface area contributed by atoms with Crippen LogP contribution in [0.3, 0.4) is 0 Å². The molecule has 1 N–H and O–H groups in total. The van der Waals surface area contributed by atoms with Crippen LogP contribution in [0, 0.1) is 0 Å². The Morgan fingerprint density at radius 1 is 1.07 bits per heavy atom. The summed E-state index contributed by atoms with van der Waals surface area (Å²) in [6, 6.07) is 16.2. The second-order valence-electron chi connectivity index (χ2n) is 10.5. The summed E-state index contributed by atoms with van der Waals surface area (Å²) in [5, 5.41) is 11.7. The van der Waals surface area contributed by atoms with E-state index in [4.69, 9.17) is 16.3 Å². The fourth-order valence-corrected chi connectivity index (χ4v) is 5.57. The van der Waals surface area contributed by atoms with Gasteiger partial charge in [-0.3, -0.25) is 19.2 Å². The summed E-state index contributed by atoms with van der Waals surface area (Å²) in [6.45, 7) is 1.39. The molecule has 0 bridgehead atoms. The number of carbonyl (C=O) groups excluding carboxylic acids is 2. The van der Waals surface area contributed by atoms with E-state index in [-0.39, 0.29) is 51.8 Å². The summed E-state index contributed by atoms with van der Waals surface area (Å²) < 4.78 is 34.1. The summed E-state index contributed by atoms with van der Waals surface area (Å²) in [5.41, 5.74) is 2.09. The minimum absolute atomic E-state index is 0.0974. The van der Waals surface area contributed by atoms with Crippen LogP contribution in [-0.2, 0) is 11.3 Å². The molecule has 1 aliphatic rings. The molecule has 0 saturated carbocycles. The molecule has 3 aromatic heterocycles. The van der Waals surface area contributed by atoms with E-state index >= 15 is 0 Å². The van der Waals surface area contributed by atoms with Crippen LogP contribution in [0.15, 0.2) is 79.4 Å². The summed E-state index contributed by atoms with van der Waals surface area (Å²) in [5.74, 6) is -0.920. The molecule has 0 radical (unpaired) electrons. The van der Waals surface area contributed by atoms with E-state index < -0.39 is 12.5 Å². The smallest absolute Gasteiger partial charge is 0.387 e. The second kappa shape index (κ2) is 13.0. The topological polar surface area (TPSA) is 110 Å². The van der Waals surface area contributed by atoms with Crippen molar-refractivity contribution in [1.29, 1.82) is 0 Å². The Labute approximate surface area is 262 Å². The van der Waals surface area contributed by atoms with Crippen LogP contribution in [0.2, 0.25) is 5.02 Å². The number of ether oxygens (including phenoxy) is 1. The van der Waals surface area contributed by atoms with Crippen LogP contribution in [0.1, 0.15) is 28.9 Å². The van der Waals surface area contributed by atoms with Crippen LogP contribution in [-0.4, -0.2) is 78.8 Å². The molecule has 0 spiro atoms. The van der Waals surface area contributed by atoms with E-state index in [2.05, 4.69) is 44.5 Å². The van der Waals surface area contributed by atoms with Gasteiger partial charge in [0.05, 0.1) is 11.9 Å². The van der Waals surface area contributed by atoms with E-state index in [1.807, 2.05) is 18.2 Å². The van der Waals surface area contributed by atoms with Crippen molar-refractivity contribution in [2.24, 2.45) is 0 Å². The Bertz CT molecular complexity index is 1820. The van der Waals surface area contributed by atoms with E-state index in [1.165, 1.54) is 51.6 Å². The van der Waals surface area contributed by atoms with Crippen LogP contribution in [0.4, 0.5) is 14.5 Å². The number of halogens is 3. The summed E-state index contributed by atoms with van der Waals surface area (Å²) in [7, 11) is 0. The van der Waals surface area contributed by atoms with Gasteiger partial charge in [0.15, 0.2) is 5.65 Å². The lowest BCUT2D eigenvalue weighted by molar-refractivity contribution is -0.134. The minimum Gasteiger partial charge on any atom is -0.434 e. The number of aromatic nitrogens is 5. The summed E-state index contributed by atoms with van der Waals surface area (Å²) >= 11 is 6.22. The molecule has 6 rings (SSSR count). The lowest BCUT2D eigenvalue weighted by Gasteiger charge is -2.38. The third-order valence-corrected chi connectivity index (χ3v) is 7.98. The van der Waals surface area contributed by atoms with Crippen molar-refractivity contribution in [3.63, 3.8) is 0 Å². The van der Waals surface area contributed by atoms with Crippen molar-refractivity contribution in [3.05, 3.63) is 95.5 Å². The molecule has 1 unspecified atom stereocenters. The van der Waals surface area contributed by atoms with Gasteiger partial charge < -0.3 is 15.0 Å². The van der Waals surface area contributed by atoms with Gasteiger partial charge in [-0.25, -0.2) is 9.50 Å². The maximum Gasteiger partial charge on any atom is 0.387 e. The largest absolute Gasteiger partial charge is 0.434 e. The lowest BCUT2D eigenvalue weighted by atomic mass is 10.1. The van der Waals surface area contributed by atoms with Crippen molar-refractivity contribution in [3.8, 4) is 17.0 Å². The number of hydrogen-bond acceptors (Lipinski definition) is 7. The first-order chi connectivity index (χ1) is 21.8. The van der Waals surface area contributed by atoms with Gasteiger partial charge in [-0.05, 0) is 36.8 Å². The fraction of sp³-hybridized carbons (Fsp3) is 0.258. The first-order valence-electron chi connectivity index (χ1n) is 14.3. The monoisotopic (exact) mass is 634 g/mol. The highest BCUT2D eigenvalue weighted by Crippen LogP contribution is 2.37. The van der Waals surface area contributed by atoms with Gasteiger partial charge in [0.1, 0.15) is 23.6 Å². The van der Waals surface area contributed by atoms with E-state index in [9.17, 15) is 18.4 Å². The van der Waals surface area contributed by atoms with Crippen molar-refractivity contribution in [2.75, 3.05) is 31.5 Å². The number of nitrogens with zero attached hydrogens (tertiary/aromatic N) is 7. The molecule has 1 saturated heterocycles. The zero-order valence-corrected chi connectivity index (χ0v) is 24.9. The van der Waals surface area contributed by atoms with Crippen molar-refractivity contribution < 1.29 is 23.1 Å². The number of rotatable bonds is 9. The Hall–Kier alpha value is -4.88. The number of nitrogens with one attached hydrogen (secondary N) is 1. The standard InChI is InChI=1S/C31H29ClF2N8O3/c1-20(21-6-3-2-4-7-21)39-12-14-40(15-13-39)27(43)19-41-18-25(37-30(44)24-17-36-42-11-5-10-35-29(24)42)28(38-41)23-16-22(32)8-9-26(23)45-31(33)34/h2-11,16-18,20,31H,12-15,19H2,1H3,(H,37,44). The zero-order chi connectivity index (χ0) is 31.5. The predicted octanol–water partition coefficient (Wildman–Crippen LogP) is 5.01. The molecular formula is C31H29ClF2N8O3. The van der Waals surface area contributed by atoms with Crippen LogP contribution in [0.25, 0.3) is 16.9 Å².